The standard InChI is InChI=1S/C24H24O10/c25-10-19-21(27)22(28)23(29)24(34-19)33-13-3-4-14-17(9-13)32-11-15(20(14)26)12-2-5-16-18(8-12)31-7-1-6-30-16/h2-5,8-9,11,19,21-25,27-29H,1,6-7,10H2/t19-,21-,22+,23-,24+/m1/s1. The molecule has 0 saturated carbocycles. The van der Waals surface area contributed by atoms with Gasteiger partial charge in [-0.25, -0.2) is 0 Å². The van der Waals surface area contributed by atoms with Gasteiger partial charge < -0.3 is 43.8 Å². The van der Waals surface area contributed by atoms with Crippen LogP contribution < -0.4 is 19.6 Å². The van der Waals surface area contributed by atoms with Crippen molar-refractivity contribution in [3.63, 3.8) is 0 Å². The van der Waals surface area contributed by atoms with E-state index in [4.69, 9.17) is 23.4 Å². The molecule has 1 aromatic heterocycles. The molecule has 3 aromatic rings. The van der Waals surface area contributed by atoms with Crippen molar-refractivity contribution in [2.75, 3.05) is 19.8 Å². The SMILES string of the molecule is O=c1c(-c2ccc3c(c2)OCCCO3)coc2cc(O[C@H]3O[C@H](CO)[C@@H](O)[C@H](O)[C@H]3O)ccc12. The van der Waals surface area contributed by atoms with E-state index in [0.717, 1.165) is 6.42 Å². The van der Waals surface area contributed by atoms with Crippen molar-refractivity contribution < 1.29 is 43.8 Å². The third-order valence-corrected chi connectivity index (χ3v) is 5.91. The van der Waals surface area contributed by atoms with E-state index in [-0.39, 0.29) is 16.8 Å². The Morgan fingerprint density at radius 1 is 0.941 bits per heavy atom. The summed E-state index contributed by atoms with van der Waals surface area (Å²) in [7, 11) is 0. The van der Waals surface area contributed by atoms with Gasteiger partial charge in [0, 0.05) is 12.5 Å². The van der Waals surface area contributed by atoms with Crippen LogP contribution in [-0.2, 0) is 4.74 Å². The van der Waals surface area contributed by atoms with Crippen molar-refractivity contribution in [1.29, 1.82) is 0 Å². The maximum absolute atomic E-state index is 13.2. The van der Waals surface area contributed by atoms with Crippen LogP contribution >= 0.6 is 0 Å². The minimum Gasteiger partial charge on any atom is -0.490 e. The summed E-state index contributed by atoms with van der Waals surface area (Å²) in [5.41, 5.74) is 0.965. The molecule has 180 valence electrons. The Labute approximate surface area is 193 Å². The van der Waals surface area contributed by atoms with Crippen LogP contribution in [0.5, 0.6) is 17.2 Å². The zero-order valence-corrected chi connectivity index (χ0v) is 18.0. The molecule has 2 aliphatic heterocycles. The van der Waals surface area contributed by atoms with E-state index in [2.05, 4.69) is 0 Å². The highest BCUT2D eigenvalue weighted by Gasteiger charge is 2.44. The fraction of sp³-hybridized carbons (Fsp3) is 0.375. The van der Waals surface area contributed by atoms with Gasteiger partial charge in [0.05, 0.1) is 30.8 Å². The van der Waals surface area contributed by atoms with E-state index in [1.54, 1.807) is 18.2 Å². The third kappa shape index (κ3) is 4.10. The summed E-state index contributed by atoms with van der Waals surface area (Å²) < 4.78 is 28.0. The highest BCUT2D eigenvalue weighted by molar-refractivity contribution is 5.83. The molecule has 5 atom stereocenters. The Bertz CT molecular complexity index is 1240. The van der Waals surface area contributed by atoms with Gasteiger partial charge in [0.1, 0.15) is 42.0 Å². The molecular formula is C24H24O10. The monoisotopic (exact) mass is 472 g/mol. The number of hydrogen-bond acceptors (Lipinski definition) is 10. The van der Waals surface area contributed by atoms with Crippen molar-refractivity contribution in [2.24, 2.45) is 0 Å². The van der Waals surface area contributed by atoms with Crippen LogP contribution in [0.1, 0.15) is 6.42 Å². The van der Waals surface area contributed by atoms with Gasteiger partial charge in [-0.1, -0.05) is 6.07 Å². The van der Waals surface area contributed by atoms with E-state index in [9.17, 15) is 25.2 Å². The number of rotatable bonds is 4. The normalized spacial score (nSPS) is 26.8. The van der Waals surface area contributed by atoms with E-state index in [1.807, 2.05) is 0 Å². The minimum absolute atomic E-state index is 0.198. The lowest BCUT2D eigenvalue weighted by molar-refractivity contribution is -0.277. The summed E-state index contributed by atoms with van der Waals surface area (Å²) in [4.78, 5) is 13.2. The first-order valence-corrected chi connectivity index (χ1v) is 10.9. The van der Waals surface area contributed by atoms with Crippen molar-refractivity contribution >= 4 is 11.0 Å². The molecule has 2 aromatic carbocycles. The average Bonchev–Trinajstić information content (AvgIpc) is 3.09. The summed E-state index contributed by atoms with van der Waals surface area (Å²) in [6, 6.07) is 9.75. The molecule has 0 unspecified atom stereocenters. The number of aliphatic hydroxyl groups is 4. The fourth-order valence-electron chi connectivity index (χ4n) is 4.01. The van der Waals surface area contributed by atoms with Crippen molar-refractivity contribution in [3.8, 4) is 28.4 Å². The molecule has 34 heavy (non-hydrogen) atoms. The van der Waals surface area contributed by atoms with Gasteiger partial charge in [-0.05, 0) is 29.8 Å². The number of benzene rings is 2. The average molecular weight is 472 g/mol. The Morgan fingerprint density at radius 3 is 2.53 bits per heavy atom. The fourth-order valence-corrected chi connectivity index (χ4v) is 4.01. The van der Waals surface area contributed by atoms with Gasteiger partial charge in [-0.15, -0.1) is 0 Å². The summed E-state index contributed by atoms with van der Waals surface area (Å²) >= 11 is 0. The lowest BCUT2D eigenvalue weighted by atomic mass is 9.99. The number of fused-ring (bicyclic) bond motifs is 2. The lowest BCUT2D eigenvalue weighted by Crippen LogP contribution is -2.60. The van der Waals surface area contributed by atoms with Crippen LogP contribution in [0, 0.1) is 0 Å². The molecule has 2 aliphatic rings. The molecule has 3 heterocycles. The molecule has 10 nitrogen and oxygen atoms in total. The lowest BCUT2D eigenvalue weighted by Gasteiger charge is -2.39. The highest BCUT2D eigenvalue weighted by atomic mass is 16.7. The van der Waals surface area contributed by atoms with Crippen LogP contribution in [0.15, 0.2) is 51.9 Å². The predicted octanol–water partition coefficient (Wildman–Crippen LogP) is 0.800. The molecule has 10 heteroatoms. The first kappa shape index (κ1) is 22.6. The van der Waals surface area contributed by atoms with E-state index >= 15 is 0 Å². The first-order valence-electron chi connectivity index (χ1n) is 10.9. The van der Waals surface area contributed by atoms with Gasteiger partial charge in [0.15, 0.2) is 16.9 Å². The van der Waals surface area contributed by atoms with Gasteiger partial charge >= 0.3 is 0 Å². The molecule has 0 aliphatic carbocycles. The molecule has 1 saturated heterocycles. The molecule has 0 amide bonds. The largest absolute Gasteiger partial charge is 0.490 e. The molecule has 4 N–H and O–H groups in total. The first-order chi connectivity index (χ1) is 16.5. The maximum atomic E-state index is 13.2. The van der Waals surface area contributed by atoms with Crippen molar-refractivity contribution in [1.82, 2.24) is 0 Å². The van der Waals surface area contributed by atoms with E-state index in [1.165, 1.54) is 24.5 Å². The van der Waals surface area contributed by atoms with E-state index < -0.39 is 37.3 Å². The van der Waals surface area contributed by atoms with Crippen molar-refractivity contribution in [2.45, 2.75) is 37.1 Å². The maximum Gasteiger partial charge on any atom is 0.229 e. The summed E-state index contributed by atoms with van der Waals surface area (Å²) in [6.45, 7) is 0.526. The van der Waals surface area contributed by atoms with Crippen LogP contribution in [-0.4, -0.2) is 71.0 Å². The highest BCUT2D eigenvalue weighted by Crippen LogP contribution is 2.34. The van der Waals surface area contributed by atoms with Gasteiger partial charge in [-0.2, -0.15) is 0 Å². The van der Waals surface area contributed by atoms with Crippen molar-refractivity contribution in [3.05, 3.63) is 52.9 Å². The summed E-state index contributed by atoms with van der Waals surface area (Å²) in [5.74, 6) is 1.39. The number of hydrogen-bond donors (Lipinski definition) is 4. The second-order valence-electron chi connectivity index (χ2n) is 8.16. The second kappa shape index (κ2) is 9.24. The Hall–Kier alpha value is -3.15. The number of aliphatic hydroxyl groups excluding tert-OH is 4. The minimum atomic E-state index is -1.56. The Morgan fingerprint density at radius 2 is 1.74 bits per heavy atom. The zero-order chi connectivity index (χ0) is 23.8. The smallest absolute Gasteiger partial charge is 0.229 e. The topological polar surface area (TPSA) is 148 Å². The Kier molecular flexibility index (Phi) is 6.15. The predicted molar refractivity (Wildman–Crippen MR) is 118 cm³/mol. The zero-order valence-electron chi connectivity index (χ0n) is 18.0. The summed E-state index contributed by atoms with van der Waals surface area (Å²) in [6.07, 6.45) is -4.93. The number of ether oxygens (including phenoxy) is 4. The molecule has 5 rings (SSSR count). The van der Waals surface area contributed by atoms with Crippen LogP contribution in [0.3, 0.4) is 0 Å². The van der Waals surface area contributed by atoms with Gasteiger partial charge in [-0.3, -0.25) is 4.79 Å². The van der Waals surface area contributed by atoms with Crippen LogP contribution in [0.2, 0.25) is 0 Å². The summed E-state index contributed by atoms with van der Waals surface area (Å²) in [5, 5.41) is 39.6. The molecule has 1 fully saturated rings. The second-order valence-corrected chi connectivity index (χ2v) is 8.16. The quantitative estimate of drug-likeness (QED) is 0.430. The van der Waals surface area contributed by atoms with Gasteiger partial charge in [0.2, 0.25) is 6.29 Å². The van der Waals surface area contributed by atoms with Crippen LogP contribution in [0.25, 0.3) is 22.1 Å². The molecular weight excluding hydrogens is 448 g/mol. The molecule has 0 bridgehead atoms. The Balaban J connectivity index is 1.42. The van der Waals surface area contributed by atoms with Gasteiger partial charge in [0.25, 0.3) is 0 Å². The molecule has 0 spiro atoms. The third-order valence-electron chi connectivity index (χ3n) is 5.91. The molecule has 0 radical (unpaired) electrons. The van der Waals surface area contributed by atoms with Crippen LogP contribution in [0.4, 0.5) is 0 Å². The van der Waals surface area contributed by atoms with E-state index in [0.29, 0.717) is 41.2 Å².